The quantitative estimate of drug-likeness (QED) is 0.804. The molecule has 2 rings (SSSR count). The Kier molecular flexibility index (Phi) is 6.92. The summed E-state index contributed by atoms with van der Waals surface area (Å²) in [4.78, 5) is 25.9. The van der Waals surface area contributed by atoms with Crippen molar-refractivity contribution >= 4 is 17.5 Å². The molecule has 5 nitrogen and oxygen atoms in total. The molecule has 0 spiro atoms. The van der Waals surface area contributed by atoms with Crippen LogP contribution in [0.2, 0.25) is 0 Å². The maximum Gasteiger partial charge on any atom is 0.251 e. The zero-order valence-electron chi connectivity index (χ0n) is 15.9. The van der Waals surface area contributed by atoms with E-state index in [1.165, 1.54) is 0 Å². The van der Waals surface area contributed by atoms with E-state index in [0.29, 0.717) is 18.7 Å². The summed E-state index contributed by atoms with van der Waals surface area (Å²) in [5, 5.41) is 5.65. The van der Waals surface area contributed by atoms with E-state index in [4.69, 9.17) is 0 Å². The van der Waals surface area contributed by atoms with Crippen LogP contribution >= 0.6 is 0 Å². The summed E-state index contributed by atoms with van der Waals surface area (Å²) in [6, 6.07) is 13.5. The summed E-state index contributed by atoms with van der Waals surface area (Å²) >= 11 is 0. The van der Waals surface area contributed by atoms with Crippen LogP contribution in [0.25, 0.3) is 0 Å². The number of nitrogens with zero attached hydrogens (tertiary/aromatic N) is 1. The molecule has 0 saturated carbocycles. The second-order valence-electron chi connectivity index (χ2n) is 6.46. The minimum atomic E-state index is -0.103. The molecule has 0 aliphatic rings. The summed E-state index contributed by atoms with van der Waals surface area (Å²) in [6.07, 6.45) is 0.880. The highest BCUT2D eigenvalue weighted by atomic mass is 16.2. The molecule has 26 heavy (non-hydrogen) atoms. The first kappa shape index (κ1) is 19.7. The van der Waals surface area contributed by atoms with E-state index >= 15 is 0 Å². The predicted molar refractivity (Wildman–Crippen MR) is 105 cm³/mol. The molecular formula is C21H27N3O2. The van der Waals surface area contributed by atoms with Crippen LogP contribution < -0.4 is 10.6 Å². The van der Waals surface area contributed by atoms with Crippen molar-refractivity contribution in [1.82, 2.24) is 10.2 Å². The first-order chi connectivity index (χ1) is 12.4. The van der Waals surface area contributed by atoms with Crippen molar-refractivity contribution in [1.29, 1.82) is 0 Å². The second kappa shape index (κ2) is 9.15. The van der Waals surface area contributed by atoms with E-state index in [0.717, 1.165) is 28.8 Å². The average molecular weight is 353 g/mol. The van der Waals surface area contributed by atoms with Gasteiger partial charge in [0.25, 0.3) is 5.91 Å². The molecule has 0 atom stereocenters. The third-order valence-electron chi connectivity index (χ3n) is 4.31. The van der Waals surface area contributed by atoms with Gasteiger partial charge in [0.1, 0.15) is 0 Å². The molecule has 0 bridgehead atoms. The molecule has 0 aliphatic heterocycles. The Morgan fingerprint density at radius 1 is 1.08 bits per heavy atom. The highest BCUT2D eigenvalue weighted by molar-refractivity contribution is 5.94. The monoisotopic (exact) mass is 353 g/mol. The fraction of sp³-hybridized carbons (Fsp3) is 0.333. The molecule has 138 valence electrons. The molecule has 0 unspecified atom stereocenters. The average Bonchev–Trinajstić information content (AvgIpc) is 2.63. The van der Waals surface area contributed by atoms with Gasteiger partial charge < -0.3 is 10.6 Å². The second-order valence-corrected chi connectivity index (χ2v) is 6.46. The SMILES string of the molecule is CCc1cccc(C)c1NC(=O)CN(C)Cc1ccc(C(=O)NC)cc1. The van der Waals surface area contributed by atoms with E-state index in [2.05, 4.69) is 17.6 Å². The lowest BCUT2D eigenvalue weighted by molar-refractivity contribution is -0.117. The molecule has 0 radical (unpaired) electrons. The summed E-state index contributed by atoms with van der Waals surface area (Å²) < 4.78 is 0. The third-order valence-corrected chi connectivity index (χ3v) is 4.31. The Morgan fingerprint density at radius 2 is 1.77 bits per heavy atom. The Morgan fingerprint density at radius 3 is 2.38 bits per heavy atom. The zero-order chi connectivity index (χ0) is 19.1. The van der Waals surface area contributed by atoms with Gasteiger partial charge in [-0.3, -0.25) is 14.5 Å². The van der Waals surface area contributed by atoms with Crippen LogP contribution in [-0.4, -0.2) is 37.4 Å². The molecule has 2 aromatic carbocycles. The maximum atomic E-state index is 12.4. The molecule has 0 heterocycles. The van der Waals surface area contributed by atoms with Crippen LogP contribution in [0.4, 0.5) is 5.69 Å². The molecule has 0 aromatic heterocycles. The highest BCUT2D eigenvalue weighted by Gasteiger charge is 2.11. The molecule has 0 fully saturated rings. The Bertz CT molecular complexity index is 769. The largest absolute Gasteiger partial charge is 0.355 e. The van der Waals surface area contributed by atoms with Gasteiger partial charge in [-0.05, 0) is 49.2 Å². The van der Waals surface area contributed by atoms with Gasteiger partial charge in [-0.1, -0.05) is 37.3 Å². The van der Waals surface area contributed by atoms with Gasteiger partial charge in [-0.25, -0.2) is 0 Å². The smallest absolute Gasteiger partial charge is 0.251 e. The van der Waals surface area contributed by atoms with Gasteiger partial charge in [-0.15, -0.1) is 0 Å². The van der Waals surface area contributed by atoms with Crippen molar-refractivity contribution in [2.45, 2.75) is 26.8 Å². The number of para-hydroxylation sites is 1. The summed E-state index contributed by atoms with van der Waals surface area (Å²) in [5.41, 5.74) is 4.82. The van der Waals surface area contributed by atoms with E-state index in [1.807, 2.05) is 49.2 Å². The predicted octanol–water partition coefficient (Wildman–Crippen LogP) is 2.99. The molecule has 2 aromatic rings. The van der Waals surface area contributed by atoms with Crippen LogP contribution in [0.5, 0.6) is 0 Å². The summed E-state index contributed by atoms with van der Waals surface area (Å²) in [5.74, 6) is -0.132. The Balaban J connectivity index is 1.94. The number of hydrogen-bond acceptors (Lipinski definition) is 3. The molecular weight excluding hydrogens is 326 g/mol. The van der Waals surface area contributed by atoms with Gasteiger partial charge >= 0.3 is 0 Å². The lowest BCUT2D eigenvalue weighted by atomic mass is 10.1. The van der Waals surface area contributed by atoms with Gasteiger partial charge in [0, 0.05) is 24.8 Å². The van der Waals surface area contributed by atoms with Crippen LogP contribution in [0.3, 0.4) is 0 Å². The number of carbonyl (C=O) groups is 2. The summed E-state index contributed by atoms with van der Waals surface area (Å²) in [6.45, 7) is 5.02. The van der Waals surface area contributed by atoms with Crippen LogP contribution in [0, 0.1) is 6.92 Å². The standard InChI is InChI=1S/C21H27N3O2/c1-5-17-8-6-7-15(2)20(17)23-19(25)14-24(4)13-16-9-11-18(12-10-16)21(26)22-3/h6-12H,5,13-14H2,1-4H3,(H,22,26)(H,23,25). The van der Waals surface area contributed by atoms with Crippen LogP contribution in [0.15, 0.2) is 42.5 Å². The number of carbonyl (C=O) groups excluding carboxylic acids is 2. The minimum absolute atomic E-state index is 0.0292. The normalized spacial score (nSPS) is 10.7. The number of anilines is 1. The zero-order valence-corrected chi connectivity index (χ0v) is 15.9. The van der Waals surface area contributed by atoms with Crippen molar-refractivity contribution in [2.75, 3.05) is 26.0 Å². The number of likely N-dealkylation sites (N-methyl/N-ethyl adjacent to an activating group) is 1. The summed E-state index contributed by atoms with van der Waals surface area (Å²) in [7, 11) is 3.52. The topological polar surface area (TPSA) is 61.4 Å². The molecule has 0 saturated heterocycles. The molecule has 5 heteroatoms. The van der Waals surface area contributed by atoms with Gasteiger partial charge in [0.15, 0.2) is 0 Å². The molecule has 2 amide bonds. The molecule has 0 aliphatic carbocycles. The van der Waals surface area contributed by atoms with Crippen molar-refractivity contribution in [2.24, 2.45) is 0 Å². The third kappa shape index (κ3) is 5.17. The lowest BCUT2D eigenvalue weighted by Gasteiger charge is -2.18. The van der Waals surface area contributed by atoms with E-state index in [-0.39, 0.29) is 11.8 Å². The number of nitrogens with one attached hydrogen (secondary N) is 2. The number of aryl methyl sites for hydroxylation is 2. The van der Waals surface area contributed by atoms with E-state index < -0.39 is 0 Å². The number of hydrogen-bond donors (Lipinski definition) is 2. The highest BCUT2D eigenvalue weighted by Crippen LogP contribution is 2.21. The first-order valence-electron chi connectivity index (χ1n) is 8.82. The van der Waals surface area contributed by atoms with Crippen LogP contribution in [0.1, 0.15) is 34.0 Å². The lowest BCUT2D eigenvalue weighted by Crippen LogP contribution is -2.30. The number of rotatable bonds is 7. The van der Waals surface area contributed by atoms with Gasteiger partial charge in [0.05, 0.1) is 6.54 Å². The van der Waals surface area contributed by atoms with Crippen molar-refractivity contribution < 1.29 is 9.59 Å². The number of benzene rings is 2. The van der Waals surface area contributed by atoms with Crippen molar-refractivity contribution in [3.8, 4) is 0 Å². The fourth-order valence-corrected chi connectivity index (χ4v) is 2.90. The first-order valence-corrected chi connectivity index (χ1v) is 8.82. The van der Waals surface area contributed by atoms with Crippen LogP contribution in [-0.2, 0) is 17.8 Å². The Hall–Kier alpha value is -2.66. The maximum absolute atomic E-state index is 12.4. The van der Waals surface area contributed by atoms with Crippen molar-refractivity contribution in [3.05, 3.63) is 64.7 Å². The van der Waals surface area contributed by atoms with E-state index in [1.54, 1.807) is 19.2 Å². The van der Waals surface area contributed by atoms with Gasteiger partial charge in [0.2, 0.25) is 5.91 Å². The number of amides is 2. The minimum Gasteiger partial charge on any atom is -0.355 e. The fourth-order valence-electron chi connectivity index (χ4n) is 2.90. The van der Waals surface area contributed by atoms with Crippen molar-refractivity contribution in [3.63, 3.8) is 0 Å². The van der Waals surface area contributed by atoms with E-state index in [9.17, 15) is 9.59 Å². The molecule has 2 N–H and O–H groups in total. The Labute approximate surface area is 155 Å². The van der Waals surface area contributed by atoms with Gasteiger partial charge in [-0.2, -0.15) is 0 Å².